The number of pyridine rings is 1. The zero-order chi connectivity index (χ0) is 39.1. The van der Waals surface area contributed by atoms with Crippen molar-refractivity contribution in [2.24, 2.45) is 0 Å². The molecule has 19 heteroatoms. The molecule has 2 amide bonds. The number of carboxylic acid groups (broad SMARTS) is 1. The monoisotopic (exact) mass is 784 g/mol. The van der Waals surface area contributed by atoms with Gasteiger partial charge in [-0.25, -0.2) is 27.2 Å². The fourth-order valence-electron chi connectivity index (χ4n) is 8.12. The summed E-state index contributed by atoms with van der Waals surface area (Å²) in [6, 6.07) is -0.303. The minimum Gasteiger partial charge on any atom is -0.465 e. The summed E-state index contributed by atoms with van der Waals surface area (Å²) in [7, 11) is 1.56. The number of anilines is 2. The molecule has 4 aliphatic heterocycles. The number of nitrogens with zero attached hydrogens (tertiary/aromatic N) is 7. The van der Waals surface area contributed by atoms with E-state index >= 15 is 8.78 Å². The molecule has 0 spiro atoms. The van der Waals surface area contributed by atoms with E-state index in [0.717, 1.165) is 17.5 Å². The molecule has 1 aromatic carbocycles. The van der Waals surface area contributed by atoms with E-state index < -0.39 is 48.0 Å². The number of rotatable bonds is 6. The molecule has 2 bridgehead atoms. The molecule has 8 rings (SSSR count). The smallest absolute Gasteiger partial charge is 0.412 e. The third kappa shape index (κ3) is 6.29. The second-order valence-electron chi connectivity index (χ2n) is 15.2. The number of likely N-dealkylation sites (tertiary alicyclic amines) is 2. The predicted octanol–water partition coefficient (Wildman–Crippen LogP) is 6.48. The van der Waals surface area contributed by atoms with Crippen LogP contribution in [0.25, 0.3) is 32.2 Å². The van der Waals surface area contributed by atoms with Crippen molar-refractivity contribution in [3.63, 3.8) is 0 Å². The first kappa shape index (κ1) is 36.9. The van der Waals surface area contributed by atoms with E-state index in [9.17, 15) is 28.7 Å². The molecule has 3 atom stereocenters. The molecule has 3 saturated heterocycles. The van der Waals surface area contributed by atoms with Gasteiger partial charge in [-0.05, 0) is 51.8 Å². The highest BCUT2D eigenvalue weighted by Gasteiger charge is 2.48. The molecule has 3 aromatic heterocycles. The van der Waals surface area contributed by atoms with Crippen LogP contribution in [0.4, 0.5) is 38.0 Å². The number of hydrogen-bond donors (Lipinski definition) is 2. The van der Waals surface area contributed by atoms with Crippen LogP contribution in [0.3, 0.4) is 0 Å². The van der Waals surface area contributed by atoms with Crippen LogP contribution in [-0.2, 0) is 22.7 Å². The number of hydrogen-bond acceptors (Lipinski definition) is 12. The highest BCUT2D eigenvalue weighted by Crippen LogP contribution is 2.48. The molecule has 0 saturated carbocycles. The molecule has 4 aliphatic rings. The maximum absolute atomic E-state index is 17.6. The molecule has 0 aliphatic carbocycles. The predicted molar refractivity (Wildman–Crippen MR) is 191 cm³/mol. The fourth-order valence-corrected chi connectivity index (χ4v) is 9.16. The second-order valence-corrected chi connectivity index (χ2v) is 16.2. The number of carbonyl (C=O) groups excluding carboxylic acids is 1. The van der Waals surface area contributed by atoms with Crippen molar-refractivity contribution < 1.29 is 46.5 Å². The van der Waals surface area contributed by atoms with E-state index in [1.165, 1.54) is 9.80 Å². The Morgan fingerprint density at radius 3 is 2.49 bits per heavy atom. The topological polar surface area (TPSA) is 166 Å². The Morgan fingerprint density at radius 1 is 1.15 bits per heavy atom. The van der Waals surface area contributed by atoms with E-state index in [1.54, 1.807) is 27.8 Å². The molecule has 0 radical (unpaired) electrons. The summed E-state index contributed by atoms with van der Waals surface area (Å²) >= 11 is 0.766. The normalized spacial score (nSPS) is 22.0. The van der Waals surface area contributed by atoms with Crippen LogP contribution >= 0.6 is 11.3 Å². The Hall–Kier alpha value is -5.06. The quantitative estimate of drug-likeness (QED) is 0.205. The Bertz CT molecular complexity index is 2300. The minimum absolute atomic E-state index is 0.0102. The van der Waals surface area contributed by atoms with Crippen molar-refractivity contribution in [3.05, 3.63) is 34.5 Å². The zero-order valence-electron chi connectivity index (χ0n) is 30.2. The van der Waals surface area contributed by atoms with E-state index in [1.807, 2.05) is 11.0 Å². The lowest BCUT2D eigenvalue weighted by molar-refractivity contribution is -0.0442. The van der Waals surface area contributed by atoms with Crippen LogP contribution in [-0.4, -0.2) is 105 Å². The molecular formula is C36H36F4N8O6S. The zero-order valence-corrected chi connectivity index (χ0v) is 31.0. The highest BCUT2D eigenvalue weighted by atomic mass is 32.1. The van der Waals surface area contributed by atoms with E-state index in [4.69, 9.17) is 19.2 Å². The molecule has 14 nitrogen and oxygen atoms in total. The molecule has 4 aromatic rings. The first-order valence-electron chi connectivity index (χ1n) is 17.7. The molecule has 3 fully saturated rings. The Labute approximate surface area is 315 Å². The number of nitriles is 1. The third-order valence-corrected chi connectivity index (χ3v) is 11.7. The molecule has 3 unspecified atom stereocenters. The lowest BCUT2D eigenvalue weighted by atomic mass is 9.93. The summed E-state index contributed by atoms with van der Waals surface area (Å²) in [4.78, 5) is 42.9. The fraction of sp³-hybridized carbons (Fsp3) is 0.500. The summed E-state index contributed by atoms with van der Waals surface area (Å²) in [5.41, 5.74) is -0.666. The van der Waals surface area contributed by atoms with Gasteiger partial charge in [0.2, 0.25) is 0 Å². The van der Waals surface area contributed by atoms with Crippen molar-refractivity contribution in [2.45, 2.75) is 82.9 Å². The summed E-state index contributed by atoms with van der Waals surface area (Å²) in [6.07, 6.45) is -0.150. The summed E-state index contributed by atoms with van der Waals surface area (Å²) in [5.74, 6) is -4.53. The molecule has 55 heavy (non-hydrogen) atoms. The van der Waals surface area contributed by atoms with Gasteiger partial charge in [0.25, 0.3) is 5.92 Å². The van der Waals surface area contributed by atoms with Crippen molar-refractivity contribution in [1.82, 2.24) is 24.8 Å². The highest BCUT2D eigenvalue weighted by molar-refractivity contribution is 7.23. The first-order valence-corrected chi connectivity index (χ1v) is 18.5. The molecule has 2 N–H and O–H groups in total. The maximum atomic E-state index is 17.6. The van der Waals surface area contributed by atoms with E-state index in [2.05, 4.69) is 15.3 Å². The van der Waals surface area contributed by atoms with Gasteiger partial charge in [0.15, 0.2) is 11.6 Å². The number of amides is 2. The van der Waals surface area contributed by atoms with Gasteiger partial charge in [-0.1, -0.05) is 0 Å². The van der Waals surface area contributed by atoms with Crippen LogP contribution in [0, 0.1) is 23.0 Å². The van der Waals surface area contributed by atoms with Gasteiger partial charge in [0.05, 0.1) is 40.8 Å². The van der Waals surface area contributed by atoms with Gasteiger partial charge in [0, 0.05) is 49.1 Å². The SMILES string of the molecule is CN1CCC(F)(F)C1COc1nc(N2C3CCC2CN(C(=O)O)C3)c2c3c(c(-c4ncc(F)c5sc(NC(=O)OC(C)(C)C)c(C#N)c45)c(F)c2n1)COC3. The average Bonchev–Trinajstić information content (AvgIpc) is 3.86. The number of alkyl halides is 2. The number of aromatic nitrogens is 3. The van der Waals surface area contributed by atoms with Crippen LogP contribution in [0.15, 0.2) is 6.20 Å². The van der Waals surface area contributed by atoms with Crippen LogP contribution in [0.5, 0.6) is 6.01 Å². The van der Waals surface area contributed by atoms with Crippen molar-refractivity contribution >= 4 is 55.3 Å². The van der Waals surface area contributed by atoms with Crippen molar-refractivity contribution in [1.29, 1.82) is 5.26 Å². The summed E-state index contributed by atoms with van der Waals surface area (Å²) in [6.45, 7) is 4.85. The van der Waals surface area contributed by atoms with Crippen molar-refractivity contribution in [2.75, 3.05) is 43.5 Å². The second kappa shape index (κ2) is 13.3. The lowest BCUT2D eigenvalue weighted by Crippen LogP contribution is -2.55. The third-order valence-electron chi connectivity index (χ3n) is 10.6. The Morgan fingerprint density at radius 2 is 1.85 bits per heavy atom. The van der Waals surface area contributed by atoms with Gasteiger partial charge in [-0.15, -0.1) is 11.3 Å². The van der Waals surface area contributed by atoms with E-state index in [-0.39, 0.29) is 106 Å². The number of ether oxygens (including phenoxy) is 3. The van der Waals surface area contributed by atoms with Gasteiger partial charge in [-0.3, -0.25) is 15.2 Å². The van der Waals surface area contributed by atoms with Crippen LogP contribution in [0.1, 0.15) is 56.7 Å². The van der Waals surface area contributed by atoms with E-state index in [0.29, 0.717) is 24.0 Å². The lowest BCUT2D eigenvalue weighted by Gasteiger charge is -2.41. The van der Waals surface area contributed by atoms with Gasteiger partial charge < -0.3 is 29.1 Å². The van der Waals surface area contributed by atoms with Gasteiger partial charge in [0.1, 0.15) is 40.7 Å². The van der Waals surface area contributed by atoms with Crippen molar-refractivity contribution in [3.8, 4) is 23.3 Å². The maximum Gasteiger partial charge on any atom is 0.412 e. The number of likely N-dealkylation sites (N-methyl/N-ethyl adjacent to an activating group) is 1. The molecular weight excluding hydrogens is 749 g/mol. The van der Waals surface area contributed by atoms with Gasteiger partial charge in [-0.2, -0.15) is 15.2 Å². The summed E-state index contributed by atoms with van der Waals surface area (Å²) in [5, 5.41) is 22.8. The number of piperazine rings is 1. The number of nitrogens with one attached hydrogen (secondary N) is 1. The number of carbonyl (C=O) groups is 2. The number of benzene rings is 1. The average molecular weight is 785 g/mol. The largest absolute Gasteiger partial charge is 0.465 e. The Balaban J connectivity index is 1.32. The standard InChI is InChI=1S/C36H36F4N8O6S/c1-35(2,3)54-33(49)45-31-18(9-41)24-27(42-10-21(37)29(24)55-31)23-19-13-52-14-20(19)25-28(26(23)38)43-32(53-15-22-36(39,40)7-8-46(22)4)44-30(25)48-16-5-6-17(48)12-47(11-16)34(50)51/h10,16-17,22H,5-8,11-15H2,1-4H3,(H,45,49)(H,50,51). The number of halogens is 4. The number of thiophene rings is 1. The van der Waals surface area contributed by atoms with Gasteiger partial charge >= 0.3 is 18.2 Å². The first-order chi connectivity index (χ1) is 26.1. The molecule has 7 heterocycles. The minimum atomic E-state index is -3.05. The van der Waals surface area contributed by atoms with Crippen LogP contribution < -0.4 is 15.0 Å². The van der Waals surface area contributed by atoms with Crippen LogP contribution in [0.2, 0.25) is 0 Å². The Kier molecular flexibility index (Phi) is 8.93. The number of fused-ring (bicyclic) bond motifs is 6. The molecule has 290 valence electrons. The summed E-state index contributed by atoms with van der Waals surface area (Å²) < 4.78 is 79.7.